The molecular formula is C16H17F2NO. The van der Waals surface area contributed by atoms with Crippen LogP contribution in [0.3, 0.4) is 0 Å². The van der Waals surface area contributed by atoms with Gasteiger partial charge in [0.1, 0.15) is 17.4 Å². The van der Waals surface area contributed by atoms with Crippen molar-refractivity contribution in [1.29, 1.82) is 0 Å². The molecule has 2 aromatic carbocycles. The summed E-state index contributed by atoms with van der Waals surface area (Å²) in [4.78, 5) is 0. The number of nitrogens with one attached hydrogen (secondary N) is 1. The van der Waals surface area contributed by atoms with Gasteiger partial charge in [-0.25, -0.2) is 8.78 Å². The second kappa shape index (κ2) is 6.01. The highest BCUT2D eigenvalue weighted by Crippen LogP contribution is 2.29. The van der Waals surface area contributed by atoms with Crippen molar-refractivity contribution in [2.75, 3.05) is 14.2 Å². The fourth-order valence-corrected chi connectivity index (χ4v) is 2.31. The highest BCUT2D eigenvalue weighted by Gasteiger charge is 2.18. The van der Waals surface area contributed by atoms with E-state index >= 15 is 0 Å². The van der Waals surface area contributed by atoms with Crippen LogP contribution in [-0.2, 0) is 0 Å². The Morgan fingerprint density at radius 1 is 1.05 bits per heavy atom. The molecule has 0 aromatic heterocycles. The Labute approximate surface area is 117 Å². The normalized spacial score (nSPS) is 12.2. The first-order valence-corrected chi connectivity index (χ1v) is 6.33. The lowest BCUT2D eigenvalue weighted by molar-refractivity contribution is 0.414. The number of hydrogen-bond donors (Lipinski definition) is 1. The zero-order chi connectivity index (χ0) is 14.7. The van der Waals surface area contributed by atoms with E-state index in [0.29, 0.717) is 5.56 Å². The van der Waals surface area contributed by atoms with Crippen LogP contribution in [0.4, 0.5) is 8.78 Å². The number of benzene rings is 2. The molecule has 106 valence electrons. The molecule has 1 atom stereocenters. The second-order valence-electron chi connectivity index (χ2n) is 4.61. The molecule has 0 aliphatic rings. The third-order valence-corrected chi connectivity index (χ3v) is 3.35. The highest BCUT2D eigenvalue weighted by molar-refractivity contribution is 5.41. The molecule has 20 heavy (non-hydrogen) atoms. The number of hydrogen-bond acceptors (Lipinski definition) is 2. The van der Waals surface area contributed by atoms with Gasteiger partial charge in [-0.15, -0.1) is 0 Å². The predicted octanol–water partition coefficient (Wildman–Crippen LogP) is 3.59. The Balaban J connectivity index is 2.47. The molecule has 0 spiro atoms. The van der Waals surface area contributed by atoms with Gasteiger partial charge in [0.15, 0.2) is 0 Å². The van der Waals surface area contributed by atoms with Crippen LogP contribution in [0.2, 0.25) is 0 Å². The van der Waals surface area contributed by atoms with E-state index in [4.69, 9.17) is 4.74 Å². The largest absolute Gasteiger partial charge is 0.497 e. The van der Waals surface area contributed by atoms with Gasteiger partial charge in [-0.3, -0.25) is 0 Å². The van der Waals surface area contributed by atoms with Gasteiger partial charge < -0.3 is 10.1 Å². The Bertz CT molecular complexity index is 613. The van der Waals surface area contributed by atoms with Crippen LogP contribution in [-0.4, -0.2) is 14.2 Å². The van der Waals surface area contributed by atoms with Crippen LogP contribution in [0.25, 0.3) is 0 Å². The summed E-state index contributed by atoms with van der Waals surface area (Å²) in [7, 11) is 3.35. The van der Waals surface area contributed by atoms with Crippen LogP contribution in [0.5, 0.6) is 5.75 Å². The fourth-order valence-electron chi connectivity index (χ4n) is 2.31. The molecule has 0 aliphatic carbocycles. The predicted molar refractivity (Wildman–Crippen MR) is 75.0 cm³/mol. The van der Waals surface area contributed by atoms with Crippen LogP contribution < -0.4 is 10.1 Å². The smallest absolute Gasteiger partial charge is 0.131 e. The van der Waals surface area contributed by atoms with Crippen molar-refractivity contribution in [3.05, 3.63) is 64.7 Å². The number of ether oxygens (including phenoxy) is 1. The summed E-state index contributed by atoms with van der Waals surface area (Å²) in [6.45, 7) is 1.93. The second-order valence-corrected chi connectivity index (χ2v) is 4.61. The molecule has 0 radical (unpaired) electrons. The van der Waals surface area contributed by atoms with Crippen LogP contribution in [0.15, 0.2) is 36.4 Å². The molecule has 2 rings (SSSR count). The van der Waals surface area contributed by atoms with Crippen molar-refractivity contribution < 1.29 is 13.5 Å². The van der Waals surface area contributed by atoms with E-state index in [1.807, 2.05) is 25.1 Å². The number of halogens is 2. The van der Waals surface area contributed by atoms with Gasteiger partial charge in [0.2, 0.25) is 0 Å². The van der Waals surface area contributed by atoms with Gasteiger partial charge in [0.25, 0.3) is 0 Å². The van der Waals surface area contributed by atoms with Gasteiger partial charge >= 0.3 is 0 Å². The molecule has 1 unspecified atom stereocenters. The van der Waals surface area contributed by atoms with Gasteiger partial charge in [0, 0.05) is 11.6 Å². The molecule has 0 heterocycles. The maximum absolute atomic E-state index is 13.9. The van der Waals surface area contributed by atoms with Gasteiger partial charge in [-0.05, 0) is 43.3 Å². The van der Waals surface area contributed by atoms with Crippen molar-refractivity contribution in [2.45, 2.75) is 13.0 Å². The molecule has 0 saturated heterocycles. The molecule has 4 heteroatoms. The minimum absolute atomic E-state index is 0.332. The van der Waals surface area contributed by atoms with Crippen molar-refractivity contribution in [2.24, 2.45) is 0 Å². The molecule has 0 aliphatic heterocycles. The number of aryl methyl sites for hydroxylation is 1. The van der Waals surface area contributed by atoms with E-state index in [1.165, 1.54) is 12.1 Å². The quantitative estimate of drug-likeness (QED) is 0.922. The number of methoxy groups -OCH3 is 1. The molecule has 2 nitrogen and oxygen atoms in total. The maximum Gasteiger partial charge on any atom is 0.131 e. The fraction of sp³-hybridized carbons (Fsp3) is 0.250. The highest BCUT2D eigenvalue weighted by atomic mass is 19.1. The van der Waals surface area contributed by atoms with E-state index in [1.54, 1.807) is 14.2 Å². The maximum atomic E-state index is 13.9. The lowest BCUT2D eigenvalue weighted by Crippen LogP contribution is -2.20. The summed E-state index contributed by atoms with van der Waals surface area (Å²) >= 11 is 0. The molecule has 0 bridgehead atoms. The monoisotopic (exact) mass is 277 g/mol. The lowest BCUT2D eigenvalue weighted by Gasteiger charge is -2.20. The van der Waals surface area contributed by atoms with Crippen LogP contribution in [0.1, 0.15) is 22.7 Å². The van der Waals surface area contributed by atoms with Crippen molar-refractivity contribution in [1.82, 2.24) is 5.32 Å². The zero-order valence-electron chi connectivity index (χ0n) is 11.7. The van der Waals surface area contributed by atoms with Gasteiger partial charge in [-0.2, -0.15) is 0 Å². The zero-order valence-corrected chi connectivity index (χ0v) is 11.7. The summed E-state index contributed by atoms with van der Waals surface area (Å²) < 4.78 is 32.1. The minimum atomic E-state index is -0.576. The van der Waals surface area contributed by atoms with E-state index in [-0.39, 0.29) is 6.04 Å². The molecule has 1 N–H and O–H groups in total. The average Bonchev–Trinajstić information content (AvgIpc) is 2.43. The minimum Gasteiger partial charge on any atom is -0.497 e. The Morgan fingerprint density at radius 3 is 2.30 bits per heavy atom. The first-order chi connectivity index (χ1) is 9.56. The molecule has 0 saturated carbocycles. The van der Waals surface area contributed by atoms with E-state index in [0.717, 1.165) is 22.9 Å². The summed E-state index contributed by atoms with van der Waals surface area (Å²) in [6.07, 6.45) is 0. The van der Waals surface area contributed by atoms with Crippen molar-refractivity contribution in [3.8, 4) is 5.75 Å². The first kappa shape index (κ1) is 14.5. The third kappa shape index (κ3) is 2.80. The molecule has 2 aromatic rings. The molecular weight excluding hydrogens is 260 g/mol. The molecule has 0 amide bonds. The average molecular weight is 277 g/mol. The van der Waals surface area contributed by atoms with Crippen molar-refractivity contribution in [3.63, 3.8) is 0 Å². The topological polar surface area (TPSA) is 21.3 Å². The SMILES string of the molecule is CNC(c1ccc(OC)cc1C)c1ccc(F)cc1F. The molecule has 0 fully saturated rings. The first-order valence-electron chi connectivity index (χ1n) is 6.33. The Hall–Kier alpha value is -1.94. The van der Waals surface area contributed by atoms with Gasteiger partial charge in [0.05, 0.1) is 13.2 Å². The van der Waals surface area contributed by atoms with E-state index in [2.05, 4.69) is 5.32 Å². The van der Waals surface area contributed by atoms with Gasteiger partial charge in [-0.1, -0.05) is 12.1 Å². The standard InChI is InChI=1S/C16H17F2NO/c1-10-8-12(20-3)5-7-13(10)16(19-2)14-6-4-11(17)9-15(14)18/h4-9,16,19H,1-3H3. The lowest BCUT2D eigenvalue weighted by atomic mass is 9.94. The van der Waals surface area contributed by atoms with Crippen LogP contribution >= 0.6 is 0 Å². The Morgan fingerprint density at radius 2 is 1.75 bits per heavy atom. The van der Waals surface area contributed by atoms with E-state index in [9.17, 15) is 8.78 Å². The number of rotatable bonds is 4. The Kier molecular flexibility index (Phi) is 4.35. The summed E-state index contributed by atoms with van der Waals surface area (Å²) in [5.74, 6) is -0.382. The summed E-state index contributed by atoms with van der Waals surface area (Å²) in [5.41, 5.74) is 2.33. The summed E-state index contributed by atoms with van der Waals surface area (Å²) in [5, 5.41) is 3.07. The third-order valence-electron chi connectivity index (χ3n) is 3.35. The van der Waals surface area contributed by atoms with Crippen molar-refractivity contribution >= 4 is 0 Å². The van der Waals surface area contributed by atoms with E-state index < -0.39 is 11.6 Å². The summed E-state index contributed by atoms with van der Waals surface area (Å²) in [6, 6.07) is 8.91. The van der Waals surface area contributed by atoms with Crippen LogP contribution in [0, 0.1) is 18.6 Å².